The van der Waals surface area contributed by atoms with Crippen LogP contribution in [-0.4, -0.2) is 65.8 Å². The maximum Gasteiger partial charge on any atom is 0.228 e. The molecule has 0 bridgehead atoms. The molecule has 0 N–H and O–H groups in total. The largest absolute Gasteiger partial charge is 0.467 e. The number of rotatable bonds is 5. The minimum atomic E-state index is -0.205. The lowest BCUT2D eigenvalue weighted by molar-refractivity contribution is -0.137. The van der Waals surface area contributed by atoms with Gasteiger partial charge < -0.3 is 14.2 Å². The normalized spacial score (nSPS) is 22.6. The van der Waals surface area contributed by atoms with Gasteiger partial charge in [0.1, 0.15) is 5.76 Å². The molecule has 2 fully saturated rings. The zero-order valence-corrected chi connectivity index (χ0v) is 14.6. The van der Waals surface area contributed by atoms with Crippen LogP contribution in [0.5, 0.6) is 0 Å². The second-order valence-electron chi connectivity index (χ2n) is 7.27. The summed E-state index contributed by atoms with van der Waals surface area (Å²) in [6, 6.07) is 3.67. The number of likely N-dealkylation sites (tertiary alicyclic amines) is 1. The molecule has 0 spiro atoms. The molecule has 2 saturated heterocycles. The Labute approximate surface area is 143 Å². The van der Waals surface area contributed by atoms with Gasteiger partial charge in [-0.15, -0.1) is 0 Å². The number of carbonyl (C=O) groups is 2. The first-order valence-electron chi connectivity index (χ1n) is 8.84. The lowest BCUT2D eigenvalue weighted by Crippen LogP contribution is -2.51. The monoisotopic (exact) mass is 333 g/mol. The molecule has 0 radical (unpaired) electrons. The zero-order chi connectivity index (χ0) is 17.1. The average molecular weight is 333 g/mol. The minimum Gasteiger partial charge on any atom is -0.467 e. The highest BCUT2D eigenvalue weighted by molar-refractivity contribution is 5.89. The van der Waals surface area contributed by atoms with Crippen molar-refractivity contribution < 1.29 is 14.0 Å². The fraction of sp³-hybridized carbons (Fsp3) is 0.667. The zero-order valence-electron chi connectivity index (χ0n) is 14.6. The summed E-state index contributed by atoms with van der Waals surface area (Å²) in [7, 11) is 0. The van der Waals surface area contributed by atoms with Crippen LogP contribution in [0.1, 0.15) is 26.0 Å². The third-order valence-corrected chi connectivity index (χ3v) is 4.80. The molecule has 3 rings (SSSR count). The van der Waals surface area contributed by atoms with Crippen molar-refractivity contribution in [1.82, 2.24) is 14.7 Å². The van der Waals surface area contributed by atoms with E-state index in [0.29, 0.717) is 25.4 Å². The Bertz CT molecular complexity index is 562. The molecule has 1 aromatic heterocycles. The first kappa shape index (κ1) is 17.0. The van der Waals surface area contributed by atoms with Crippen LogP contribution in [-0.2, 0) is 16.1 Å². The first-order chi connectivity index (χ1) is 11.5. The first-order valence-corrected chi connectivity index (χ1v) is 8.84. The number of amides is 2. The second kappa shape index (κ2) is 7.38. The molecule has 3 heterocycles. The smallest absolute Gasteiger partial charge is 0.228 e. The van der Waals surface area contributed by atoms with Gasteiger partial charge in [0.05, 0.1) is 18.7 Å². The van der Waals surface area contributed by atoms with E-state index in [1.807, 2.05) is 17.0 Å². The Morgan fingerprint density at radius 3 is 2.67 bits per heavy atom. The summed E-state index contributed by atoms with van der Waals surface area (Å²) in [5.74, 6) is 1.38. The highest BCUT2D eigenvalue weighted by Gasteiger charge is 2.37. The van der Waals surface area contributed by atoms with Crippen LogP contribution < -0.4 is 0 Å². The van der Waals surface area contributed by atoms with E-state index in [9.17, 15) is 9.59 Å². The van der Waals surface area contributed by atoms with E-state index in [4.69, 9.17) is 4.42 Å². The highest BCUT2D eigenvalue weighted by atomic mass is 16.3. The van der Waals surface area contributed by atoms with Crippen LogP contribution in [0.2, 0.25) is 0 Å². The van der Waals surface area contributed by atoms with Gasteiger partial charge in [0.2, 0.25) is 11.8 Å². The van der Waals surface area contributed by atoms with E-state index in [2.05, 4.69) is 18.7 Å². The summed E-state index contributed by atoms with van der Waals surface area (Å²) in [5, 5.41) is 0. The SMILES string of the molecule is CC(C)CN1CCN(C(=O)C2CC(=O)N(Cc3ccco3)C2)CC1. The van der Waals surface area contributed by atoms with Gasteiger partial charge in [-0.1, -0.05) is 13.8 Å². The van der Waals surface area contributed by atoms with Crippen molar-refractivity contribution in [2.24, 2.45) is 11.8 Å². The molecule has 6 heteroatoms. The summed E-state index contributed by atoms with van der Waals surface area (Å²) < 4.78 is 5.30. The predicted octanol–water partition coefficient (Wildman–Crippen LogP) is 1.43. The van der Waals surface area contributed by atoms with Crippen LogP contribution in [0, 0.1) is 11.8 Å². The Morgan fingerprint density at radius 1 is 1.29 bits per heavy atom. The molecule has 1 unspecified atom stereocenters. The van der Waals surface area contributed by atoms with Gasteiger partial charge >= 0.3 is 0 Å². The van der Waals surface area contributed by atoms with Gasteiger partial charge in [0.25, 0.3) is 0 Å². The van der Waals surface area contributed by atoms with Crippen LogP contribution in [0.25, 0.3) is 0 Å². The number of piperazine rings is 1. The van der Waals surface area contributed by atoms with E-state index in [0.717, 1.165) is 38.5 Å². The van der Waals surface area contributed by atoms with Crippen molar-refractivity contribution in [3.63, 3.8) is 0 Å². The van der Waals surface area contributed by atoms with E-state index < -0.39 is 0 Å². The molecule has 0 saturated carbocycles. The molecule has 2 aliphatic rings. The van der Waals surface area contributed by atoms with Crippen LogP contribution in [0.3, 0.4) is 0 Å². The van der Waals surface area contributed by atoms with E-state index in [-0.39, 0.29) is 17.7 Å². The molecule has 2 aliphatic heterocycles. The maximum atomic E-state index is 12.7. The van der Waals surface area contributed by atoms with Gasteiger partial charge in [-0.05, 0) is 18.1 Å². The van der Waals surface area contributed by atoms with Crippen molar-refractivity contribution in [1.29, 1.82) is 0 Å². The molecule has 132 valence electrons. The molecule has 1 aromatic rings. The summed E-state index contributed by atoms with van der Waals surface area (Å²) >= 11 is 0. The molecule has 0 aromatic carbocycles. The molecule has 1 atom stereocenters. The van der Waals surface area contributed by atoms with Crippen molar-refractivity contribution in [3.8, 4) is 0 Å². The van der Waals surface area contributed by atoms with Gasteiger partial charge in [-0.25, -0.2) is 0 Å². The van der Waals surface area contributed by atoms with Gasteiger partial charge in [0.15, 0.2) is 0 Å². The molecular formula is C18H27N3O3. The number of hydrogen-bond donors (Lipinski definition) is 0. The number of furan rings is 1. The molecule has 6 nitrogen and oxygen atoms in total. The topological polar surface area (TPSA) is 57.0 Å². The Hall–Kier alpha value is -1.82. The average Bonchev–Trinajstić information content (AvgIpc) is 3.18. The quantitative estimate of drug-likeness (QED) is 0.818. The van der Waals surface area contributed by atoms with Crippen molar-refractivity contribution >= 4 is 11.8 Å². The van der Waals surface area contributed by atoms with Gasteiger partial charge in [-0.3, -0.25) is 14.5 Å². The third kappa shape index (κ3) is 3.98. The summed E-state index contributed by atoms with van der Waals surface area (Å²) in [5.41, 5.74) is 0. The van der Waals surface area contributed by atoms with Crippen LogP contribution in [0.15, 0.2) is 22.8 Å². The number of carbonyl (C=O) groups excluding carboxylic acids is 2. The summed E-state index contributed by atoms with van der Waals surface area (Å²) in [6.45, 7) is 9.89. The Kier molecular flexibility index (Phi) is 5.23. The standard InChI is InChI=1S/C18H27N3O3/c1-14(2)11-19-5-7-20(8-6-19)18(23)15-10-17(22)21(12-15)13-16-4-3-9-24-16/h3-4,9,14-15H,5-8,10-13H2,1-2H3. The predicted molar refractivity (Wildman–Crippen MR) is 90.1 cm³/mol. The van der Waals surface area contributed by atoms with Crippen LogP contribution in [0.4, 0.5) is 0 Å². The van der Waals surface area contributed by atoms with Crippen LogP contribution >= 0.6 is 0 Å². The highest BCUT2D eigenvalue weighted by Crippen LogP contribution is 2.23. The third-order valence-electron chi connectivity index (χ3n) is 4.80. The number of hydrogen-bond acceptors (Lipinski definition) is 4. The molecular weight excluding hydrogens is 306 g/mol. The Balaban J connectivity index is 1.50. The van der Waals surface area contributed by atoms with Crippen molar-refractivity contribution in [2.75, 3.05) is 39.3 Å². The lowest BCUT2D eigenvalue weighted by Gasteiger charge is -2.36. The van der Waals surface area contributed by atoms with Crippen molar-refractivity contribution in [3.05, 3.63) is 24.2 Å². The lowest BCUT2D eigenvalue weighted by atomic mass is 10.1. The second-order valence-corrected chi connectivity index (χ2v) is 7.27. The molecule has 24 heavy (non-hydrogen) atoms. The summed E-state index contributed by atoms with van der Waals surface area (Å²) in [4.78, 5) is 31.0. The fourth-order valence-electron chi connectivity index (χ4n) is 3.61. The van der Waals surface area contributed by atoms with Crippen molar-refractivity contribution in [2.45, 2.75) is 26.8 Å². The fourth-order valence-corrected chi connectivity index (χ4v) is 3.61. The Morgan fingerprint density at radius 2 is 2.04 bits per heavy atom. The van der Waals surface area contributed by atoms with E-state index in [1.165, 1.54) is 0 Å². The number of nitrogens with zero attached hydrogens (tertiary/aromatic N) is 3. The van der Waals surface area contributed by atoms with Gasteiger partial charge in [-0.2, -0.15) is 0 Å². The molecule has 2 amide bonds. The molecule has 0 aliphatic carbocycles. The minimum absolute atomic E-state index is 0.0446. The summed E-state index contributed by atoms with van der Waals surface area (Å²) in [6.07, 6.45) is 1.93. The van der Waals surface area contributed by atoms with Gasteiger partial charge in [0, 0.05) is 45.7 Å². The van der Waals surface area contributed by atoms with E-state index in [1.54, 1.807) is 11.2 Å². The van der Waals surface area contributed by atoms with E-state index >= 15 is 0 Å². The maximum absolute atomic E-state index is 12.7.